The summed E-state index contributed by atoms with van der Waals surface area (Å²) in [6, 6.07) is 6.69. The molecule has 2 aromatic rings. The Morgan fingerprint density at radius 1 is 1.12 bits per heavy atom. The summed E-state index contributed by atoms with van der Waals surface area (Å²) in [5.41, 5.74) is 0.0444. The van der Waals surface area contributed by atoms with Crippen LogP contribution in [0.4, 0.5) is 17.6 Å². The van der Waals surface area contributed by atoms with E-state index in [1.165, 1.54) is 17.2 Å². The molecule has 184 valence electrons. The van der Waals surface area contributed by atoms with Gasteiger partial charge >= 0.3 is 23.3 Å². The summed E-state index contributed by atoms with van der Waals surface area (Å²) in [7, 11) is 0. The number of rotatable bonds is 4. The van der Waals surface area contributed by atoms with E-state index in [2.05, 4.69) is 10.00 Å². The van der Waals surface area contributed by atoms with Crippen molar-refractivity contribution >= 4 is 5.97 Å². The minimum absolute atomic E-state index is 0.166. The van der Waals surface area contributed by atoms with Gasteiger partial charge in [0, 0.05) is 44.6 Å². The topological polar surface area (TPSA) is 97.4 Å². The fourth-order valence-electron chi connectivity index (χ4n) is 4.74. The standard InChI is InChI=1S/C20H23FN4O2.C2HF3O2/c21-16-6-2-5-14(7-16)8-23-10-15-11-24-18(17(15)12-23)22-25(20(27)19(24)26)9-13-3-1-4-13;3-2(4,5)1(6)7/h2,5-7,13,15,17H,1,3-4,8-12H2;(H,6,7). The van der Waals surface area contributed by atoms with Crippen molar-refractivity contribution in [2.45, 2.75) is 51.0 Å². The lowest BCUT2D eigenvalue weighted by Gasteiger charge is -2.25. The maximum Gasteiger partial charge on any atom is 0.490 e. The Kier molecular flexibility index (Phi) is 6.61. The minimum Gasteiger partial charge on any atom is -0.475 e. The highest BCUT2D eigenvalue weighted by molar-refractivity contribution is 5.73. The van der Waals surface area contributed by atoms with E-state index in [0.29, 0.717) is 25.6 Å². The van der Waals surface area contributed by atoms with Crippen LogP contribution in [-0.2, 0) is 24.4 Å². The number of benzene rings is 1. The summed E-state index contributed by atoms with van der Waals surface area (Å²) in [5, 5.41) is 11.7. The van der Waals surface area contributed by atoms with Gasteiger partial charge in [0.05, 0.1) is 0 Å². The van der Waals surface area contributed by atoms with Crippen LogP contribution in [0.3, 0.4) is 0 Å². The van der Waals surface area contributed by atoms with Crippen molar-refractivity contribution in [1.29, 1.82) is 0 Å². The van der Waals surface area contributed by atoms with Gasteiger partial charge in [0.1, 0.15) is 11.6 Å². The average molecular weight is 484 g/mol. The molecule has 1 saturated heterocycles. The smallest absolute Gasteiger partial charge is 0.475 e. The molecule has 1 aromatic carbocycles. The normalized spacial score (nSPS) is 21.9. The molecule has 8 nitrogen and oxygen atoms in total. The lowest BCUT2D eigenvalue weighted by molar-refractivity contribution is -0.192. The Morgan fingerprint density at radius 3 is 2.41 bits per heavy atom. The Labute approximate surface area is 191 Å². The third kappa shape index (κ3) is 5.06. The third-order valence-corrected chi connectivity index (χ3v) is 6.62. The Morgan fingerprint density at radius 2 is 1.82 bits per heavy atom. The molecular formula is C22H24F4N4O4. The summed E-state index contributed by atoms with van der Waals surface area (Å²) in [5.74, 6) is -1.29. The summed E-state index contributed by atoms with van der Waals surface area (Å²) in [6.07, 6.45) is -1.66. The molecule has 2 aliphatic heterocycles. The molecule has 0 bridgehead atoms. The second-order valence-electron chi connectivity index (χ2n) is 9.05. The summed E-state index contributed by atoms with van der Waals surface area (Å²) < 4.78 is 48.2. The predicted octanol–water partition coefficient (Wildman–Crippen LogP) is 2.21. The molecule has 3 aliphatic rings. The first-order valence-electron chi connectivity index (χ1n) is 11.0. The first kappa shape index (κ1) is 24.1. The molecule has 1 saturated carbocycles. The van der Waals surface area contributed by atoms with Crippen molar-refractivity contribution in [2.75, 3.05) is 13.1 Å². The van der Waals surface area contributed by atoms with Gasteiger partial charge in [-0.1, -0.05) is 18.6 Å². The van der Waals surface area contributed by atoms with Crippen molar-refractivity contribution in [2.24, 2.45) is 11.8 Å². The van der Waals surface area contributed by atoms with Gasteiger partial charge in [-0.25, -0.2) is 13.9 Å². The zero-order valence-electron chi connectivity index (χ0n) is 18.2. The van der Waals surface area contributed by atoms with Gasteiger partial charge in [-0.05, 0) is 36.5 Å². The number of carboxylic acid groups (broad SMARTS) is 1. The molecule has 2 fully saturated rings. The van der Waals surface area contributed by atoms with Crippen molar-refractivity contribution in [3.05, 3.63) is 62.2 Å². The highest BCUT2D eigenvalue weighted by atomic mass is 19.4. The van der Waals surface area contributed by atoms with Crippen molar-refractivity contribution in [3.8, 4) is 0 Å². The number of carboxylic acids is 1. The summed E-state index contributed by atoms with van der Waals surface area (Å²) in [6.45, 7) is 3.43. The van der Waals surface area contributed by atoms with Gasteiger partial charge in [-0.3, -0.25) is 19.1 Å². The van der Waals surface area contributed by atoms with Gasteiger partial charge in [0.15, 0.2) is 0 Å². The third-order valence-electron chi connectivity index (χ3n) is 6.62. The van der Waals surface area contributed by atoms with Crippen LogP contribution in [0.5, 0.6) is 0 Å². The van der Waals surface area contributed by atoms with Crippen LogP contribution in [0, 0.1) is 17.7 Å². The summed E-state index contributed by atoms with van der Waals surface area (Å²) >= 11 is 0. The molecule has 1 aromatic heterocycles. The van der Waals surface area contributed by atoms with E-state index in [-0.39, 0.29) is 17.7 Å². The Balaban J connectivity index is 0.000000344. The van der Waals surface area contributed by atoms with Crippen LogP contribution in [0.2, 0.25) is 0 Å². The zero-order chi connectivity index (χ0) is 24.6. The van der Waals surface area contributed by atoms with Gasteiger partial charge in [-0.2, -0.15) is 18.3 Å². The number of halogens is 4. The van der Waals surface area contributed by atoms with E-state index in [1.807, 2.05) is 6.07 Å². The molecule has 3 heterocycles. The van der Waals surface area contributed by atoms with Gasteiger partial charge in [0.2, 0.25) is 0 Å². The number of fused-ring (bicyclic) bond motifs is 3. The van der Waals surface area contributed by atoms with E-state index in [4.69, 9.17) is 9.90 Å². The van der Waals surface area contributed by atoms with Gasteiger partial charge in [0.25, 0.3) is 0 Å². The highest BCUT2D eigenvalue weighted by Crippen LogP contribution is 2.37. The molecule has 34 heavy (non-hydrogen) atoms. The second kappa shape index (κ2) is 9.32. The molecule has 1 N–H and O–H groups in total. The van der Waals surface area contributed by atoms with Crippen LogP contribution in [0.15, 0.2) is 33.9 Å². The van der Waals surface area contributed by atoms with Crippen LogP contribution >= 0.6 is 0 Å². The SMILES string of the molecule is O=C(O)C(F)(F)F.O=c1c(=O)n2c(nn1CC1CCC1)C1CN(Cc3cccc(F)c3)CC1C2. The average Bonchev–Trinajstić information content (AvgIpc) is 3.26. The lowest BCUT2D eigenvalue weighted by atomic mass is 9.85. The van der Waals surface area contributed by atoms with Crippen molar-refractivity contribution < 1.29 is 27.5 Å². The highest BCUT2D eigenvalue weighted by Gasteiger charge is 2.42. The fourth-order valence-corrected chi connectivity index (χ4v) is 4.74. The van der Waals surface area contributed by atoms with Gasteiger partial charge in [-0.15, -0.1) is 0 Å². The van der Waals surface area contributed by atoms with Crippen LogP contribution in [-0.4, -0.2) is 49.6 Å². The number of hydrogen-bond donors (Lipinski definition) is 1. The Hall–Kier alpha value is -3.02. The molecule has 12 heteroatoms. The van der Waals surface area contributed by atoms with Crippen molar-refractivity contribution in [3.63, 3.8) is 0 Å². The molecule has 0 amide bonds. The quantitative estimate of drug-likeness (QED) is 0.528. The lowest BCUT2D eigenvalue weighted by Crippen LogP contribution is -2.45. The van der Waals surface area contributed by atoms with E-state index in [9.17, 15) is 27.2 Å². The number of alkyl halides is 3. The summed E-state index contributed by atoms with van der Waals surface area (Å²) in [4.78, 5) is 36.1. The van der Waals surface area contributed by atoms with Crippen molar-refractivity contribution in [1.82, 2.24) is 19.2 Å². The van der Waals surface area contributed by atoms with Gasteiger partial charge < -0.3 is 5.11 Å². The molecular weight excluding hydrogens is 460 g/mol. The first-order valence-corrected chi connectivity index (χ1v) is 11.0. The largest absolute Gasteiger partial charge is 0.490 e. The minimum atomic E-state index is -5.08. The zero-order valence-corrected chi connectivity index (χ0v) is 18.2. The monoisotopic (exact) mass is 484 g/mol. The van der Waals surface area contributed by atoms with E-state index < -0.39 is 23.3 Å². The van der Waals surface area contributed by atoms with E-state index in [0.717, 1.165) is 37.3 Å². The first-order chi connectivity index (χ1) is 16.0. The number of likely N-dealkylation sites (tertiary alicyclic amines) is 1. The molecule has 1 aliphatic carbocycles. The number of aromatic nitrogens is 3. The fraction of sp³-hybridized carbons (Fsp3) is 0.545. The molecule has 2 unspecified atom stereocenters. The molecule has 5 rings (SSSR count). The Bertz CT molecular complexity index is 1190. The van der Waals surface area contributed by atoms with E-state index in [1.54, 1.807) is 16.7 Å². The maximum absolute atomic E-state index is 13.4. The van der Waals surface area contributed by atoms with E-state index >= 15 is 0 Å². The molecule has 0 radical (unpaired) electrons. The predicted molar refractivity (Wildman–Crippen MR) is 112 cm³/mol. The van der Waals surface area contributed by atoms with Crippen LogP contribution < -0.4 is 11.1 Å². The number of nitrogens with zero attached hydrogens (tertiary/aromatic N) is 4. The second-order valence-corrected chi connectivity index (χ2v) is 9.05. The number of aliphatic carboxylic acids is 1. The molecule has 0 spiro atoms. The maximum atomic E-state index is 13.4. The number of hydrogen-bond acceptors (Lipinski definition) is 5. The van der Waals surface area contributed by atoms with Crippen LogP contribution in [0.25, 0.3) is 0 Å². The number of carbonyl (C=O) groups is 1. The molecule has 2 atom stereocenters. The van der Waals surface area contributed by atoms with Crippen LogP contribution in [0.1, 0.15) is 36.6 Å².